The van der Waals surface area contributed by atoms with E-state index in [1.54, 1.807) is 5.92 Å². The van der Waals surface area contributed by atoms with Gasteiger partial charge in [0.25, 0.3) is 0 Å². The van der Waals surface area contributed by atoms with Crippen molar-refractivity contribution < 1.29 is 29.6 Å². The summed E-state index contributed by atoms with van der Waals surface area (Å²) in [6.45, 7) is 6.58. The molecule has 0 aromatic carbocycles. The Balaban J connectivity index is 0. The molecule has 0 aliphatic heterocycles. The Morgan fingerprint density at radius 2 is 1.43 bits per heavy atom. The molecule has 0 aromatic rings. The standard InChI is InChI=1S/C6H13.Na/c1-4-6(3)5-2;/h4-5H2,1-3H3;/q-1;+1. The van der Waals surface area contributed by atoms with Gasteiger partial charge in [-0.3, -0.25) is 0 Å². The van der Waals surface area contributed by atoms with Crippen LogP contribution in [-0.2, 0) is 0 Å². The molecule has 0 N–H and O–H groups in total. The first-order valence-electron chi connectivity index (χ1n) is 2.62. The fraction of sp³-hybridized carbons (Fsp3) is 0.833. The normalized spacial score (nSPS) is 8.57. The van der Waals surface area contributed by atoms with E-state index in [9.17, 15) is 0 Å². The van der Waals surface area contributed by atoms with Crippen LogP contribution in [0.5, 0.6) is 0 Å². The summed E-state index contributed by atoms with van der Waals surface area (Å²) in [5, 5.41) is 0. The third kappa shape index (κ3) is 7.00. The molecule has 38 valence electrons. The van der Waals surface area contributed by atoms with Crippen molar-refractivity contribution in [1.29, 1.82) is 0 Å². The molecule has 1 heteroatoms. The molecule has 0 rings (SSSR count). The third-order valence-electron chi connectivity index (χ3n) is 1.21. The van der Waals surface area contributed by atoms with Crippen molar-refractivity contribution in [3.05, 3.63) is 5.92 Å². The summed E-state index contributed by atoms with van der Waals surface area (Å²) < 4.78 is 0. The van der Waals surface area contributed by atoms with Crippen LogP contribution in [0.2, 0.25) is 0 Å². The number of rotatable bonds is 2. The summed E-state index contributed by atoms with van der Waals surface area (Å²) in [6, 6.07) is 0. The van der Waals surface area contributed by atoms with Crippen molar-refractivity contribution in [2.45, 2.75) is 33.6 Å². The number of hydrogen-bond donors (Lipinski definition) is 0. The van der Waals surface area contributed by atoms with E-state index in [-0.39, 0.29) is 29.6 Å². The first-order valence-corrected chi connectivity index (χ1v) is 2.62. The van der Waals surface area contributed by atoms with E-state index in [2.05, 4.69) is 20.8 Å². The van der Waals surface area contributed by atoms with Gasteiger partial charge in [-0.25, -0.2) is 0 Å². The minimum atomic E-state index is 0. The summed E-state index contributed by atoms with van der Waals surface area (Å²) in [4.78, 5) is 0. The van der Waals surface area contributed by atoms with Gasteiger partial charge in [0, 0.05) is 0 Å². The molecule has 0 unspecified atom stereocenters. The first-order chi connectivity index (χ1) is 2.81. The van der Waals surface area contributed by atoms with Crippen molar-refractivity contribution in [2.75, 3.05) is 0 Å². The summed E-state index contributed by atoms with van der Waals surface area (Å²) in [5.74, 6) is 1.59. The predicted octanol–water partition coefficient (Wildman–Crippen LogP) is -0.595. The van der Waals surface area contributed by atoms with Gasteiger partial charge in [0.15, 0.2) is 0 Å². The fourth-order valence-electron chi connectivity index (χ4n) is 0.250. The molecular weight excluding hydrogens is 95.1 g/mol. The van der Waals surface area contributed by atoms with Crippen LogP contribution in [0.25, 0.3) is 0 Å². The van der Waals surface area contributed by atoms with Gasteiger partial charge < -0.3 is 5.92 Å². The largest absolute Gasteiger partial charge is 1.00 e. The van der Waals surface area contributed by atoms with Crippen molar-refractivity contribution >= 4 is 0 Å². The van der Waals surface area contributed by atoms with Crippen LogP contribution in [0.4, 0.5) is 0 Å². The average molecular weight is 108 g/mol. The van der Waals surface area contributed by atoms with Crippen molar-refractivity contribution in [3.8, 4) is 0 Å². The van der Waals surface area contributed by atoms with Gasteiger partial charge in [0.1, 0.15) is 0 Å². The monoisotopic (exact) mass is 108 g/mol. The Bertz CT molecular complexity index is 23.4. The van der Waals surface area contributed by atoms with E-state index < -0.39 is 0 Å². The maximum Gasteiger partial charge on any atom is 1.00 e. The van der Waals surface area contributed by atoms with E-state index in [1.165, 1.54) is 12.8 Å². The van der Waals surface area contributed by atoms with Crippen molar-refractivity contribution in [3.63, 3.8) is 0 Å². The molecule has 0 heterocycles. The quantitative estimate of drug-likeness (QED) is 0.327. The molecule has 0 fully saturated rings. The molecule has 0 spiro atoms. The Hall–Kier alpha value is 1.00. The molecule has 0 bridgehead atoms. The van der Waals surface area contributed by atoms with E-state index in [4.69, 9.17) is 0 Å². The van der Waals surface area contributed by atoms with Gasteiger partial charge in [-0.1, -0.05) is 13.8 Å². The molecule has 0 aromatic heterocycles. The Labute approximate surface area is 69.0 Å². The fourth-order valence-corrected chi connectivity index (χ4v) is 0.250. The van der Waals surface area contributed by atoms with Crippen LogP contribution >= 0.6 is 0 Å². The molecule has 0 amide bonds. The average Bonchev–Trinajstić information content (AvgIpc) is 1.65. The zero-order valence-corrected chi connectivity index (χ0v) is 7.91. The van der Waals surface area contributed by atoms with Crippen LogP contribution in [0, 0.1) is 5.92 Å². The summed E-state index contributed by atoms with van der Waals surface area (Å²) in [7, 11) is 0. The third-order valence-corrected chi connectivity index (χ3v) is 1.21. The van der Waals surface area contributed by atoms with Gasteiger partial charge in [-0.2, -0.15) is 19.8 Å². The van der Waals surface area contributed by atoms with E-state index in [0.717, 1.165) is 0 Å². The van der Waals surface area contributed by atoms with Gasteiger partial charge >= 0.3 is 29.6 Å². The molecule has 0 atom stereocenters. The molecule has 0 saturated heterocycles. The van der Waals surface area contributed by atoms with Crippen LogP contribution < -0.4 is 29.6 Å². The molecular formula is C6H13Na. The molecule has 0 aliphatic carbocycles. The van der Waals surface area contributed by atoms with E-state index in [1.807, 2.05) is 0 Å². The van der Waals surface area contributed by atoms with Crippen LogP contribution in [0.15, 0.2) is 0 Å². The summed E-state index contributed by atoms with van der Waals surface area (Å²) in [5.41, 5.74) is 0. The zero-order chi connectivity index (χ0) is 4.99. The van der Waals surface area contributed by atoms with Crippen molar-refractivity contribution in [2.24, 2.45) is 0 Å². The Morgan fingerprint density at radius 3 is 1.43 bits per heavy atom. The van der Waals surface area contributed by atoms with Crippen LogP contribution in [0.3, 0.4) is 0 Å². The Kier molecular flexibility index (Phi) is 10.9. The second-order valence-electron chi connectivity index (χ2n) is 1.66. The van der Waals surface area contributed by atoms with E-state index in [0.29, 0.717) is 0 Å². The molecule has 0 nitrogen and oxygen atoms in total. The predicted molar refractivity (Wildman–Crippen MR) is 29.5 cm³/mol. The van der Waals surface area contributed by atoms with Crippen LogP contribution in [0.1, 0.15) is 33.6 Å². The topological polar surface area (TPSA) is 0 Å². The minimum absolute atomic E-state index is 0. The van der Waals surface area contributed by atoms with Gasteiger partial charge in [0.05, 0.1) is 0 Å². The summed E-state index contributed by atoms with van der Waals surface area (Å²) >= 11 is 0. The molecule has 0 radical (unpaired) electrons. The van der Waals surface area contributed by atoms with Gasteiger partial charge in [-0.15, -0.1) is 0 Å². The number of hydrogen-bond acceptors (Lipinski definition) is 0. The Morgan fingerprint density at radius 1 is 1.14 bits per heavy atom. The maximum absolute atomic E-state index is 2.19. The first kappa shape index (κ1) is 10.9. The smallest absolute Gasteiger partial charge is 0.317 e. The molecule has 0 saturated carbocycles. The second kappa shape index (κ2) is 7.00. The van der Waals surface area contributed by atoms with Crippen molar-refractivity contribution in [1.82, 2.24) is 0 Å². The van der Waals surface area contributed by atoms with Gasteiger partial charge in [-0.05, 0) is 0 Å². The molecule has 0 aliphatic rings. The summed E-state index contributed by atoms with van der Waals surface area (Å²) in [6.07, 6.45) is 2.49. The second-order valence-corrected chi connectivity index (χ2v) is 1.66. The SMILES string of the molecule is CC[C-](C)CC.[Na+]. The zero-order valence-electron chi connectivity index (χ0n) is 5.91. The molecule has 7 heavy (non-hydrogen) atoms. The minimum Gasteiger partial charge on any atom is -0.317 e. The van der Waals surface area contributed by atoms with Crippen LogP contribution in [-0.4, -0.2) is 0 Å². The maximum atomic E-state index is 2.19. The van der Waals surface area contributed by atoms with Gasteiger partial charge in [0.2, 0.25) is 0 Å². The van der Waals surface area contributed by atoms with E-state index >= 15 is 0 Å².